The van der Waals surface area contributed by atoms with Crippen molar-refractivity contribution in [1.29, 1.82) is 0 Å². The normalized spacial score (nSPS) is 17.4. The monoisotopic (exact) mass is 305 g/mol. The van der Waals surface area contributed by atoms with Gasteiger partial charge in [-0.05, 0) is 43.5 Å². The number of benzene rings is 1. The minimum Gasteiger partial charge on any atom is -0.497 e. The summed E-state index contributed by atoms with van der Waals surface area (Å²) in [4.78, 5) is 12.4. The van der Waals surface area contributed by atoms with Crippen LogP contribution in [0.2, 0.25) is 0 Å². The lowest BCUT2D eigenvalue weighted by atomic mass is 10.1. The lowest BCUT2D eigenvalue weighted by Crippen LogP contribution is -2.43. The fraction of sp³-hybridized carbons (Fsp3) is 0.611. The number of methoxy groups -OCH3 is 1. The molecule has 4 nitrogen and oxygen atoms in total. The average Bonchev–Trinajstić information content (AvgIpc) is 2.81. The summed E-state index contributed by atoms with van der Waals surface area (Å²) in [6, 6.07) is 7.65. The number of hydrogen-bond acceptors (Lipinski definition) is 3. The van der Waals surface area contributed by atoms with Crippen molar-refractivity contribution < 1.29 is 14.3 Å². The molecule has 1 amide bonds. The van der Waals surface area contributed by atoms with E-state index in [9.17, 15) is 4.79 Å². The Morgan fingerprint density at radius 3 is 2.27 bits per heavy atom. The summed E-state index contributed by atoms with van der Waals surface area (Å²) < 4.78 is 11.0. The summed E-state index contributed by atoms with van der Waals surface area (Å²) in [6.45, 7) is 1.97. The maximum Gasteiger partial charge on any atom is 0.261 e. The number of ether oxygens (including phenoxy) is 2. The Morgan fingerprint density at radius 1 is 1.14 bits per heavy atom. The van der Waals surface area contributed by atoms with Gasteiger partial charge in [-0.15, -0.1) is 0 Å². The van der Waals surface area contributed by atoms with E-state index < -0.39 is 6.10 Å². The number of rotatable bonds is 6. The van der Waals surface area contributed by atoms with Crippen molar-refractivity contribution >= 4 is 5.91 Å². The second-order valence-electron chi connectivity index (χ2n) is 5.89. The Balaban J connectivity index is 1.89. The van der Waals surface area contributed by atoms with E-state index >= 15 is 0 Å². The van der Waals surface area contributed by atoms with Gasteiger partial charge in [-0.2, -0.15) is 0 Å². The summed E-state index contributed by atoms with van der Waals surface area (Å²) in [5, 5.41) is 3.16. The molecule has 2 rings (SSSR count). The molecule has 0 aromatic heterocycles. The van der Waals surface area contributed by atoms with E-state index in [0.717, 1.165) is 18.6 Å². The van der Waals surface area contributed by atoms with Crippen molar-refractivity contribution in [3.8, 4) is 11.5 Å². The SMILES string of the molecule is CCC(Oc1ccc(OC)cc1)C(=O)NC1CCCCCC1. The lowest BCUT2D eigenvalue weighted by molar-refractivity contribution is -0.128. The highest BCUT2D eigenvalue weighted by molar-refractivity contribution is 5.81. The van der Waals surface area contributed by atoms with Crippen molar-refractivity contribution in [2.24, 2.45) is 0 Å². The molecule has 0 radical (unpaired) electrons. The zero-order chi connectivity index (χ0) is 15.8. The van der Waals surface area contributed by atoms with Crippen LogP contribution >= 0.6 is 0 Å². The molecule has 0 aliphatic heterocycles. The van der Waals surface area contributed by atoms with Gasteiger partial charge in [0.05, 0.1) is 7.11 Å². The molecule has 1 aliphatic carbocycles. The van der Waals surface area contributed by atoms with Gasteiger partial charge in [0, 0.05) is 6.04 Å². The second-order valence-corrected chi connectivity index (χ2v) is 5.89. The molecule has 4 heteroatoms. The van der Waals surface area contributed by atoms with Crippen molar-refractivity contribution in [2.75, 3.05) is 7.11 Å². The lowest BCUT2D eigenvalue weighted by Gasteiger charge is -2.22. The zero-order valence-electron chi connectivity index (χ0n) is 13.6. The first-order valence-electron chi connectivity index (χ1n) is 8.34. The number of nitrogens with one attached hydrogen (secondary N) is 1. The highest BCUT2D eigenvalue weighted by atomic mass is 16.5. The highest BCUT2D eigenvalue weighted by Gasteiger charge is 2.22. The van der Waals surface area contributed by atoms with Gasteiger partial charge in [-0.1, -0.05) is 32.6 Å². The largest absolute Gasteiger partial charge is 0.497 e. The zero-order valence-corrected chi connectivity index (χ0v) is 13.6. The standard InChI is InChI=1S/C18H27NO3/c1-3-17(22-16-12-10-15(21-2)11-13-16)18(20)19-14-8-6-4-5-7-9-14/h10-14,17H,3-9H2,1-2H3,(H,19,20). The Morgan fingerprint density at radius 2 is 1.73 bits per heavy atom. The second kappa shape index (κ2) is 8.66. The number of hydrogen-bond donors (Lipinski definition) is 1. The molecular weight excluding hydrogens is 278 g/mol. The fourth-order valence-electron chi connectivity index (χ4n) is 2.86. The predicted octanol–water partition coefficient (Wildman–Crippen LogP) is 3.69. The molecule has 1 aliphatic rings. The minimum atomic E-state index is -0.434. The quantitative estimate of drug-likeness (QED) is 0.815. The van der Waals surface area contributed by atoms with Crippen LogP contribution in [0.1, 0.15) is 51.9 Å². The molecule has 1 fully saturated rings. The van der Waals surface area contributed by atoms with Crippen molar-refractivity contribution in [3.63, 3.8) is 0 Å². The molecule has 1 atom stereocenters. The first-order chi connectivity index (χ1) is 10.7. The average molecular weight is 305 g/mol. The van der Waals surface area contributed by atoms with Crippen LogP contribution < -0.4 is 14.8 Å². The topological polar surface area (TPSA) is 47.6 Å². The third kappa shape index (κ3) is 4.93. The minimum absolute atomic E-state index is 0.00483. The smallest absolute Gasteiger partial charge is 0.261 e. The molecule has 22 heavy (non-hydrogen) atoms. The van der Waals surface area contributed by atoms with Crippen molar-refractivity contribution in [1.82, 2.24) is 5.32 Å². The van der Waals surface area contributed by atoms with Gasteiger partial charge in [0.2, 0.25) is 0 Å². The van der Waals surface area contributed by atoms with Crippen LogP contribution in [0.5, 0.6) is 11.5 Å². The molecule has 1 aromatic rings. The summed E-state index contributed by atoms with van der Waals surface area (Å²) in [7, 11) is 1.63. The van der Waals surface area contributed by atoms with Gasteiger partial charge in [-0.3, -0.25) is 4.79 Å². The molecule has 0 heterocycles. The Bertz CT molecular complexity index is 450. The Kier molecular flexibility index (Phi) is 6.56. The molecular formula is C18H27NO3. The van der Waals surface area contributed by atoms with Crippen LogP contribution in [0.15, 0.2) is 24.3 Å². The molecule has 1 saturated carbocycles. The summed E-state index contributed by atoms with van der Waals surface area (Å²) in [5.74, 6) is 1.48. The molecule has 1 unspecified atom stereocenters. The molecule has 0 spiro atoms. The van der Waals surface area contributed by atoms with E-state index in [0.29, 0.717) is 18.2 Å². The maximum absolute atomic E-state index is 12.4. The first-order valence-corrected chi connectivity index (χ1v) is 8.34. The third-order valence-corrected chi connectivity index (χ3v) is 4.20. The molecule has 1 N–H and O–H groups in total. The van der Waals surface area contributed by atoms with Crippen LogP contribution in [-0.2, 0) is 4.79 Å². The Hall–Kier alpha value is -1.71. The molecule has 0 bridgehead atoms. The van der Waals surface area contributed by atoms with Crippen molar-refractivity contribution in [2.45, 2.75) is 64.0 Å². The first kappa shape index (κ1) is 16.7. The summed E-state index contributed by atoms with van der Waals surface area (Å²) >= 11 is 0. The van der Waals surface area contributed by atoms with Gasteiger partial charge >= 0.3 is 0 Å². The molecule has 0 saturated heterocycles. The van der Waals surface area contributed by atoms with Crippen LogP contribution in [0, 0.1) is 0 Å². The van der Waals surface area contributed by atoms with Gasteiger partial charge in [0.25, 0.3) is 5.91 Å². The van der Waals surface area contributed by atoms with Gasteiger partial charge in [0.1, 0.15) is 11.5 Å². The number of carbonyl (C=O) groups is 1. The van der Waals surface area contributed by atoms with Crippen molar-refractivity contribution in [3.05, 3.63) is 24.3 Å². The van der Waals surface area contributed by atoms with Crippen LogP contribution in [-0.4, -0.2) is 25.2 Å². The van der Waals surface area contributed by atoms with E-state index in [-0.39, 0.29) is 5.91 Å². The van der Waals surface area contributed by atoms with Crippen LogP contribution in [0.4, 0.5) is 0 Å². The van der Waals surface area contributed by atoms with E-state index in [1.54, 1.807) is 7.11 Å². The molecule has 122 valence electrons. The van der Waals surface area contributed by atoms with Gasteiger partial charge < -0.3 is 14.8 Å². The van der Waals surface area contributed by atoms with E-state index in [2.05, 4.69) is 5.32 Å². The fourth-order valence-corrected chi connectivity index (χ4v) is 2.86. The molecule has 1 aromatic carbocycles. The number of carbonyl (C=O) groups excluding carboxylic acids is 1. The van der Waals surface area contributed by atoms with Gasteiger partial charge in [-0.25, -0.2) is 0 Å². The van der Waals surface area contributed by atoms with Crippen LogP contribution in [0.3, 0.4) is 0 Å². The highest BCUT2D eigenvalue weighted by Crippen LogP contribution is 2.20. The Labute approximate surface area is 133 Å². The number of amides is 1. The summed E-state index contributed by atoms with van der Waals surface area (Å²) in [5.41, 5.74) is 0. The van der Waals surface area contributed by atoms with E-state index in [1.807, 2.05) is 31.2 Å². The van der Waals surface area contributed by atoms with Crippen LogP contribution in [0.25, 0.3) is 0 Å². The maximum atomic E-state index is 12.4. The van der Waals surface area contributed by atoms with E-state index in [1.165, 1.54) is 25.7 Å². The van der Waals surface area contributed by atoms with Gasteiger partial charge in [0.15, 0.2) is 6.10 Å². The summed E-state index contributed by atoms with van der Waals surface area (Å²) in [6.07, 6.45) is 7.39. The predicted molar refractivity (Wildman–Crippen MR) is 87.3 cm³/mol. The third-order valence-electron chi connectivity index (χ3n) is 4.20. The van der Waals surface area contributed by atoms with E-state index in [4.69, 9.17) is 9.47 Å².